The van der Waals surface area contributed by atoms with Crippen molar-refractivity contribution in [3.05, 3.63) is 41.5 Å². The first-order chi connectivity index (χ1) is 7.74. The van der Waals surface area contributed by atoms with Crippen molar-refractivity contribution in [2.24, 2.45) is 4.99 Å². The van der Waals surface area contributed by atoms with Gasteiger partial charge in [-0.25, -0.2) is 0 Å². The molecule has 0 radical (unpaired) electrons. The first kappa shape index (κ1) is 14.6. The molecule has 0 amide bonds. The highest BCUT2D eigenvalue weighted by molar-refractivity contribution is 5.80. The van der Waals surface area contributed by atoms with Crippen LogP contribution >= 0.6 is 0 Å². The predicted octanol–water partition coefficient (Wildman–Crippen LogP) is 5.08. The minimum absolute atomic E-state index is 1.05. The molecule has 1 aromatic rings. The summed E-state index contributed by atoms with van der Waals surface area (Å²) in [5.74, 6) is 0. The highest BCUT2D eigenvalue weighted by Gasteiger charge is 1.91. The number of benzene rings is 1. The maximum Gasteiger partial charge on any atom is 0.0658 e. The van der Waals surface area contributed by atoms with Crippen LogP contribution in [0.2, 0.25) is 0 Å². The Kier molecular flexibility index (Phi) is 8.14. The van der Waals surface area contributed by atoms with Crippen LogP contribution in [-0.2, 0) is 0 Å². The Morgan fingerprint density at radius 1 is 1.25 bits per heavy atom. The van der Waals surface area contributed by atoms with Crippen molar-refractivity contribution in [2.75, 3.05) is 0 Å². The number of allylic oxidation sites excluding steroid dienone is 2. The van der Waals surface area contributed by atoms with E-state index >= 15 is 0 Å². The van der Waals surface area contributed by atoms with E-state index in [-0.39, 0.29) is 0 Å². The molecule has 1 nitrogen and oxygen atoms in total. The summed E-state index contributed by atoms with van der Waals surface area (Å²) < 4.78 is 0. The highest BCUT2D eigenvalue weighted by Crippen LogP contribution is 2.16. The van der Waals surface area contributed by atoms with Gasteiger partial charge in [0.25, 0.3) is 0 Å². The van der Waals surface area contributed by atoms with E-state index in [0.717, 1.165) is 12.1 Å². The lowest BCUT2D eigenvalue weighted by Gasteiger charge is -1.97. The van der Waals surface area contributed by atoms with Gasteiger partial charge in [-0.15, -0.1) is 0 Å². The molecule has 0 aromatic heterocycles. The van der Waals surface area contributed by atoms with Crippen LogP contribution in [0.5, 0.6) is 0 Å². The Morgan fingerprint density at radius 2 is 1.88 bits per heavy atom. The molecular formula is C15H23N. The molecule has 0 fully saturated rings. The Labute approximate surface area is 99.9 Å². The van der Waals surface area contributed by atoms with Gasteiger partial charge in [0.15, 0.2) is 0 Å². The third-order valence-corrected chi connectivity index (χ3v) is 2.05. The van der Waals surface area contributed by atoms with Crippen LogP contribution < -0.4 is 0 Å². The van der Waals surface area contributed by atoms with Crippen molar-refractivity contribution in [3.8, 4) is 0 Å². The summed E-state index contributed by atoms with van der Waals surface area (Å²) in [5, 5.41) is 0. The van der Waals surface area contributed by atoms with Crippen molar-refractivity contribution in [1.29, 1.82) is 0 Å². The standard InChI is InChI=1S/C13H17N.C2H6/c1-4-7-11(2)10-14-13-9-6-5-8-12(13)3;1-2/h5-10H,4H2,1-3H3;1-2H3/b11-7+,14-10?;. The van der Waals surface area contributed by atoms with Gasteiger partial charge in [-0.3, -0.25) is 4.99 Å². The van der Waals surface area contributed by atoms with Gasteiger partial charge in [0.05, 0.1) is 5.69 Å². The summed E-state index contributed by atoms with van der Waals surface area (Å²) in [6.45, 7) is 10.3. The molecule has 16 heavy (non-hydrogen) atoms. The molecule has 0 unspecified atom stereocenters. The first-order valence-electron chi connectivity index (χ1n) is 6.00. The second-order valence-corrected chi connectivity index (χ2v) is 3.40. The number of rotatable bonds is 3. The van der Waals surface area contributed by atoms with Crippen molar-refractivity contribution < 1.29 is 0 Å². The normalized spacial score (nSPS) is 11.2. The third kappa shape index (κ3) is 5.50. The number of nitrogens with zero attached hydrogens (tertiary/aromatic N) is 1. The molecule has 0 aliphatic heterocycles. The van der Waals surface area contributed by atoms with Crippen molar-refractivity contribution in [1.82, 2.24) is 0 Å². The molecule has 0 saturated carbocycles. The lowest BCUT2D eigenvalue weighted by molar-refractivity contribution is 1.21. The number of para-hydroxylation sites is 1. The smallest absolute Gasteiger partial charge is 0.0658 e. The average Bonchev–Trinajstić information content (AvgIpc) is 2.31. The van der Waals surface area contributed by atoms with Crippen LogP contribution in [-0.4, -0.2) is 6.21 Å². The quantitative estimate of drug-likeness (QED) is 0.626. The van der Waals surface area contributed by atoms with Gasteiger partial charge >= 0.3 is 0 Å². The maximum absolute atomic E-state index is 4.43. The van der Waals surface area contributed by atoms with Gasteiger partial charge in [-0.2, -0.15) is 0 Å². The number of hydrogen-bond donors (Lipinski definition) is 0. The molecule has 1 aromatic carbocycles. The average molecular weight is 217 g/mol. The van der Waals surface area contributed by atoms with E-state index in [1.54, 1.807) is 0 Å². The zero-order chi connectivity index (χ0) is 12.4. The van der Waals surface area contributed by atoms with Gasteiger partial charge in [-0.1, -0.05) is 45.0 Å². The molecule has 88 valence electrons. The summed E-state index contributed by atoms with van der Waals surface area (Å²) in [6.07, 6.45) is 5.15. The van der Waals surface area contributed by atoms with Gasteiger partial charge in [0.1, 0.15) is 0 Å². The van der Waals surface area contributed by atoms with Crippen LogP contribution in [0.15, 0.2) is 40.9 Å². The van der Waals surface area contributed by atoms with Crippen molar-refractivity contribution in [3.63, 3.8) is 0 Å². The zero-order valence-corrected chi connectivity index (χ0v) is 11.1. The molecule has 1 rings (SSSR count). The number of aryl methyl sites for hydroxylation is 1. The second kappa shape index (κ2) is 8.90. The monoisotopic (exact) mass is 217 g/mol. The van der Waals surface area contributed by atoms with E-state index in [1.807, 2.05) is 38.3 Å². The van der Waals surface area contributed by atoms with Crippen molar-refractivity contribution in [2.45, 2.75) is 41.0 Å². The lowest BCUT2D eigenvalue weighted by Crippen LogP contribution is -1.78. The Hall–Kier alpha value is -1.37. The van der Waals surface area contributed by atoms with E-state index < -0.39 is 0 Å². The molecule has 0 heterocycles. The van der Waals surface area contributed by atoms with Crippen LogP contribution in [0.3, 0.4) is 0 Å². The summed E-state index contributed by atoms with van der Waals surface area (Å²) in [6, 6.07) is 8.15. The van der Waals surface area contributed by atoms with E-state index in [9.17, 15) is 0 Å². The highest BCUT2D eigenvalue weighted by atomic mass is 14.7. The molecule has 0 N–H and O–H groups in total. The third-order valence-electron chi connectivity index (χ3n) is 2.05. The molecule has 0 saturated heterocycles. The van der Waals surface area contributed by atoms with E-state index in [2.05, 4.69) is 37.9 Å². The van der Waals surface area contributed by atoms with Gasteiger partial charge < -0.3 is 0 Å². The topological polar surface area (TPSA) is 12.4 Å². The largest absolute Gasteiger partial charge is 0.256 e. The Balaban J connectivity index is 0.00000106. The molecule has 0 atom stereocenters. The first-order valence-corrected chi connectivity index (χ1v) is 6.00. The SMILES string of the molecule is CC.CC/C=C(\C)C=Nc1ccccc1C. The van der Waals surface area contributed by atoms with Gasteiger partial charge in [-0.05, 0) is 37.5 Å². The molecule has 0 spiro atoms. The Bertz CT molecular complexity index is 348. The molecule has 0 aliphatic rings. The Morgan fingerprint density at radius 3 is 2.44 bits per heavy atom. The fourth-order valence-corrected chi connectivity index (χ4v) is 1.25. The van der Waals surface area contributed by atoms with Crippen LogP contribution in [0, 0.1) is 6.92 Å². The molecule has 1 heteroatoms. The fraction of sp³-hybridized carbons (Fsp3) is 0.400. The molecule has 0 aliphatic carbocycles. The maximum atomic E-state index is 4.43. The van der Waals surface area contributed by atoms with Crippen molar-refractivity contribution >= 4 is 11.9 Å². The number of hydrogen-bond acceptors (Lipinski definition) is 1. The summed E-state index contributed by atoms with van der Waals surface area (Å²) in [5.41, 5.74) is 3.49. The van der Waals surface area contributed by atoms with E-state index in [0.29, 0.717) is 0 Å². The van der Waals surface area contributed by atoms with E-state index in [1.165, 1.54) is 11.1 Å². The molecule has 0 bridgehead atoms. The summed E-state index contributed by atoms with van der Waals surface area (Å²) in [7, 11) is 0. The second-order valence-electron chi connectivity index (χ2n) is 3.40. The summed E-state index contributed by atoms with van der Waals surface area (Å²) >= 11 is 0. The minimum atomic E-state index is 1.05. The minimum Gasteiger partial charge on any atom is -0.256 e. The van der Waals surface area contributed by atoms with Gasteiger partial charge in [0, 0.05) is 6.21 Å². The van der Waals surface area contributed by atoms with Crippen LogP contribution in [0.4, 0.5) is 5.69 Å². The predicted molar refractivity (Wildman–Crippen MR) is 74.7 cm³/mol. The molecular weight excluding hydrogens is 194 g/mol. The lowest BCUT2D eigenvalue weighted by atomic mass is 10.2. The van der Waals surface area contributed by atoms with Crippen LogP contribution in [0.1, 0.15) is 39.7 Å². The fourth-order valence-electron chi connectivity index (χ4n) is 1.25. The van der Waals surface area contributed by atoms with Crippen LogP contribution in [0.25, 0.3) is 0 Å². The summed E-state index contributed by atoms with van der Waals surface area (Å²) in [4.78, 5) is 4.43. The van der Waals surface area contributed by atoms with Gasteiger partial charge in [0.2, 0.25) is 0 Å². The van der Waals surface area contributed by atoms with E-state index in [4.69, 9.17) is 0 Å². The number of aliphatic imine (C=N–C) groups is 1. The zero-order valence-electron chi connectivity index (χ0n) is 11.1.